The fraction of sp³-hybridized carbons (Fsp3) is 0.306. The van der Waals surface area contributed by atoms with Crippen molar-refractivity contribution in [2.75, 3.05) is 16.5 Å². The number of hydrogen-bond donors (Lipinski definition) is 0. The number of anilines is 2. The van der Waals surface area contributed by atoms with Crippen molar-refractivity contribution < 1.29 is 4.74 Å². The molecule has 3 heterocycles. The number of allylic oxidation sites excluding steroid dienone is 1. The Labute approximate surface area is 399 Å². The Morgan fingerprint density at radius 3 is 1.63 bits per heavy atom. The smallest absolute Gasteiger partial charge is 0.137 e. The summed E-state index contributed by atoms with van der Waals surface area (Å²) < 4.78 is 9.16. The zero-order chi connectivity index (χ0) is 47.7. The van der Waals surface area contributed by atoms with Crippen LogP contribution in [0.15, 0.2) is 170 Å². The molecule has 0 spiro atoms. The Kier molecular flexibility index (Phi) is 11.3. The largest absolute Gasteiger partial charge is 0.457 e. The van der Waals surface area contributed by atoms with Crippen molar-refractivity contribution in [1.82, 2.24) is 9.55 Å². The van der Waals surface area contributed by atoms with E-state index in [1.165, 1.54) is 55.5 Å². The van der Waals surface area contributed by atoms with Gasteiger partial charge in [-0.1, -0.05) is 169 Å². The van der Waals surface area contributed by atoms with Crippen molar-refractivity contribution in [3.63, 3.8) is 0 Å². The van der Waals surface area contributed by atoms with Crippen molar-refractivity contribution >= 4 is 33.2 Å². The van der Waals surface area contributed by atoms with E-state index in [-0.39, 0.29) is 27.1 Å². The van der Waals surface area contributed by atoms with E-state index in [1.54, 1.807) is 0 Å². The normalized spacial score (nSPS) is 14.0. The molecule has 0 saturated heterocycles. The first-order valence-electron chi connectivity index (χ1n) is 24.0. The predicted octanol–water partition coefficient (Wildman–Crippen LogP) is 16.4. The molecule has 9 rings (SSSR count). The van der Waals surface area contributed by atoms with Crippen LogP contribution in [0, 0.1) is 5.41 Å². The monoisotopic (exact) mass is 885 g/mol. The minimum Gasteiger partial charge on any atom is -0.457 e. The molecule has 0 saturated carbocycles. The van der Waals surface area contributed by atoms with Crippen molar-refractivity contribution in [3.8, 4) is 17.3 Å². The van der Waals surface area contributed by atoms with E-state index in [9.17, 15) is 0 Å². The summed E-state index contributed by atoms with van der Waals surface area (Å²) in [6, 6.07) is 55.4. The van der Waals surface area contributed by atoms with Crippen molar-refractivity contribution in [2.45, 2.75) is 112 Å². The Morgan fingerprint density at radius 2 is 1.03 bits per heavy atom. The highest BCUT2D eigenvalue weighted by Gasteiger charge is 2.34. The molecule has 0 unspecified atom stereocenters. The quantitative estimate of drug-likeness (QED) is 0.145. The highest BCUT2D eigenvalue weighted by atomic mass is 16.5. The lowest BCUT2D eigenvalue weighted by Crippen LogP contribution is -2.31. The Bertz CT molecular complexity index is 3060. The third-order valence-corrected chi connectivity index (χ3v) is 14.1. The lowest BCUT2D eigenvalue weighted by molar-refractivity contribution is 0.481. The van der Waals surface area contributed by atoms with Crippen molar-refractivity contribution in [2.24, 2.45) is 5.41 Å². The second kappa shape index (κ2) is 16.6. The number of nitrogens with zero attached hydrogens (tertiary/aromatic N) is 4. The molecule has 0 fully saturated rings. The molecule has 2 aromatic heterocycles. The van der Waals surface area contributed by atoms with E-state index in [1.807, 2.05) is 6.20 Å². The first kappa shape index (κ1) is 45.6. The molecule has 0 N–H and O–H groups in total. The summed E-state index contributed by atoms with van der Waals surface area (Å²) in [7, 11) is 0. The molecule has 67 heavy (non-hydrogen) atoms. The maximum absolute atomic E-state index is 6.86. The molecule has 6 aromatic carbocycles. The average Bonchev–Trinajstić information content (AvgIpc) is 3.90. The standard InChI is InChI=1S/C62H68N4O/c1-58(2,3)44-27-30-54-53(36-44)52-29-28-51(39-55(52)66(54)57-37-45(31-32-63-57)59(4,5)6)67-50-26-20-25-48(38-50)65-41-64(40-56(65)60(7,8)9)49-34-46(61(10,11)42-21-16-14-17-22-42)33-47(35-49)62(12,13)43-23-18-15-19-24-43/h14-40H,41H2,1-13H3. The number of aromatic nitrogens is 2. The summed E-state index contributed by atoms with van der Waals surface area (Å²) in [4.78, 5) is 9.84. The van der Waals surface area contributed by atoms with Gasteiger partial charge in [0, 0.05) is 68.6 Å². The maximum Gasteiger partial charge on any atom is 0.137 e. The van der Waals surface area contributed by atoms with E-state index in [2.05, 4.69) is 262 Å². The van der Waals surface area contributed by atoms with Crippen LogP contribution < -0.4 is 14.5 Å². The van der Waals surface area contributed by atoms with Crippen LogP contribution >= 0.6 is 0 Å². The van der Waals surface area contributed by atoms with Crippen LogP contribution in [0.3, 0.4) is 0 Å². The van der Waals surface area contributed by atoms with Gasteiger partial charge in [0.2, 0.25) is 0 Å². The second-order valence-electron chi connectivity index (χ2n) is 22.8. The predicted molar refractivity (Wildman–Crippen MR) is 283 cm³/mol. The summed E-state index contributed by atoms with van der Waals surface area (Å²) in [5.74, 6) is 2.46. The third kappa shape index (κ3) is 8.77. The van der Waals surface area contributed by atoms with E-state index >= 15 is 0 Å². The lowest BCUT2D eigenvalue weighted by Gasteiger charge is -2.33. The second-order valence-corrected chi connectivity index (χ2v) is 22.8. The molecule has 0 radical (unpaired) electrons. The highest BCUT2D eigenvalue weighted by Crippen LogP contribution is 2.44. The minimum absolute atomic E-state index is 0.0149. The highest BCUT2D eigenvalue weighted by molar-refractivity contribution is 6.09. The van der Waals surface area contributed by atoms with Crippen LogP contribution in [-0.2, 0) is 21.7 Å². The molecule has 1 aliphatic rings. The van der Waals surface area contributed by atoms with Gasteiger partial charge in [-0.15, -0.1) is 0 Å². The van der Waals surface area contributed by atoms with Crippen LogP contribution in [-0.4, -0.2) is 16.2 Å². The first-order valence-corrected chi connectivity index (χ1v) is 24.0. The molecule has 0 bridgehead atoms. The van der Waals surface area contributed by atoms with Gasteiger partial charge >= 0.3 is 0 Å². The summed E-state index contributed by atoms with van der Waals surface area (Å²) in [5.41, 5.74) is 12.8. The molecular weight excluding hydrogens is 817 g/mol. The molecule has 342 valence electrons. The summed E-state index contributed by atoms with van der Waals surface area (Å²) in [6.45, 7) is 30.6. The van der Waals surface area contributed by atoms with Gasteiger partial charge in [-0.3, -0.25) is 4.57 Å². The van der Waals surface area contributed by atoms with Crippen molar-refractivity contribution in [3.05, 3.63) is 203 Å². The molecule has 5 nitrogen and oxygen atoms in total. The minimum atomic E-state index is -0.222. The van der Waals surface area contributed by atoms with Gasteiger partial charge in [0.05, 0.1) is 17.7 Å². The Morgan fingerprint density at radius 1 is 0.433 bits per heavy atom. The fourth-order valence-corrected chi connectivity index (χ4v) is 9.64. The van der Waals surface area contributed by atoms with E-state index in [0.29, 0.717) is 6.67 Å². The van der Waals surface area contributed by atoms with Crippen LogP contribution in [0.5, 0.6) is 11.5 Å². The summed E-state index contributed by atoms with van der Waals surface area (Å²) >= 11 is 0. The average molecular weight is 885 g/mol. The Balaban J connectivity index is 1.09. The van der Waals surface area contributed by atoms with E-state index in [4.69, 9.17) is 9.72 Å². The number of fused-ring (bicyclic) bond motifs is 3. The third-order valence-electron chi connectivity index (χ3n) is 14.1. The number of hydrogen-bond acceptors (Lipinski definition) is 4. The number of pyridine rings is 1. The molecule has 0 aliphatic carbocycles. The van der Waals surface area contributed by atoms with Crippen LogP contribution in [0.1, 0.15) is 123 Å². The van der Waals surface area contributed by atoms with Crippen molar-refractivity contribution in [1.29, 1.82) is 0 Å². The lowest BCUT2D eigenvalue weighted by atomic mass is 9.73. The number of benzene rings is 6. The van der Waals surface area contributed by atoms with Crippen LogP contribution in [0.4, 0.5) is 11.4 Å². The molecule has 1 aliphatic heterocycles. The summed E-state index contributed by atoms with van der Waals surface area (Å²) in [5, 5.41) is 2.39. The fourth-order valence-electron chi connectivity index (χ4n) is 9.64. The zero-order valence-electron chi connectivity index (χ0n) is 42.0. The van der Waals surface area contributed by atoms with Gasteiger partial charge in [0.15, 0.2) is 0 Å². The topological polar surface area (TPSA) is 33.5 Å². The molecule has 0 atom stereocenters. The number of ether oxygens (including phenoxy) is 1. The molecular formula is C62H68N4O. The van der Waals surface area contributed by atoms with Gasteiger partial charge in [0.1, 0.15) is 17.3 Å². The molecule has 0 amide bonds. The van der Waals surface area contributed by atoms with Gasteiger partial charge < -0.3 is 14.5 Å². The number of rotatable bonds is 9. The van der Waals surface area contributed by atoms with E-state index in [0.717, 1.165) is 34.0 Å². The molecule has 5 heteroatoms. The van der Waals surface area contributed by atoms with Crippen LogP contribution in [0.2, 0.25) is 0 Å². The summed E-state index contributed by atoms with van der Waals surface area (Å²) in [6.07, 6.45) is 4.30. The van der Waals surface area contributed by atoms with Crippen LogP contribution in [0.25, 0.3) is 27.6 Å². The molecule has 8 aromatic rings. The Hall–Kier alpha value is -6.59. The van der Waals surface area contributed by atoms with Gasteiger partial charge in [-0.25, -0.2) is 4.98 Å². The van der Waals surface area contributed by atoms with E-state index < -0.39 is 0 Å². The van der Waals surface area contributed by atoms with Gasteiger partial charge in [-0.2, -0.15) is 0 Å². The first-order chi connectivity index (χ1) is 31.6. The van der Waals surface area contributed by atoms with Gasteiger partial charge in [0.25, 0.3) is 0 Å². The zero-order valence-corrected chi connectivity index (χ0v) is 42.0. The maximum atomic E-state index is 6.86. The SMILES string of the molecule is CC(C)(C)C1=CN(c2cc(C(C)(C)c3ccccc3)cc(C(C)(C)c3ccccc3)c2)CN1c1cccc(Oc2ccc3c4cc(C(C)(C)C)ccc4n(-c4cc(C(C)(C)C)ccn4)c3c2)c1. The van der Waals surface area contributed by atoms with Gasteiger partial charge in [-0.05, 0) is 105 Å².